The van der Waals surface area contributed by atoms with E-state index in [-0.39, 0.29) is 18.5 Å². The Balaban J connectivity index is 1.82. The lowest BCUT2D eigenvalue weighted by atomic mass is 9.98. The van der Waals surface area contributed by atoms with Gasteiger partial charge in [0.2, 0.25) is 0 Å². The Morgan fingerprint density at radius 3 is 2.90 bits per heavy atom. The van der Waals surface area contributed by atoms with Crippen LogP contribution in [-0.2, 0) is 15.9 Å². The largest absolute Gasteiger partial charge is 0.467 e. The van der Waals surface area contributed by atoms with Crippen molar-refractivity contribution in [1.82, 2.24) is 5.32 Å². The van der Waals surface area contributed by atoms with Crippen LogP contribution >= 0.6 is 0 Å². The Morgan fingerprint density at radius 2 is 2.17 bits per heavy atom. The maximum absolute atomic E-state index is 14.2. The van der Waals surface area contributed by atoms with Crippen LogP contribution in [0.5, 0.6) is 5.75 Å². The van der Waals surface area contributed by atoms with Crippen LogP contribution in [-0.4, -0.2) is 39.2 Å². The lowest BCUT2D eigenvalue weighted by Crippen LogP contribution is -2.39. The first-order valence-corrected chi connectivity index (χ1v) is 10.1. The molecular weight excluding hydrogens is 371 g/mol. The van der Waals surface area contributed by atoms with Crippen LogP contribution in [0.3, 0.4) is 0 Å². The van der Waals surface area contributed by atoms with Gasteiger partial charge in [-0.05, 0) is 48.2 Å². The second-order valence-electron chi connectivity index (χ2n) is 7.06. The summed E-state index contributed by atoms with van der Waals surface area (Å²) in [5.74, 6) is 0.0809. The van der Waals surface area contributed by atoms with Crippen LogP contribution in [0.25, 0.3) is 11.1 Å². The van der Waals surface area contributed by atoms with Gasteiger partial charge in [0, 0.05) is 18.7 Å². The molecule has 1 saturated heterocycles. The lowest BCUT2D eigenvalue weighted by Gasteiger charge is -2.24. The van der Waals surface area contributed by atoms with E-state index in [0.717, 1.165) is 43.5 Å². The zero-order valence-corrected chi connectivity index (χ0v) is 16.7. The minimum Gasteiger partial charge on any atom is -0.467 e. The van der Waals surface area contributed by atoms with Crippen LogP contribution in [0.4, 0.5) is 4.39 Å². The van der Waals surface area contributed by atoms with Crippen LogP contribution in [0.2, 0.25) is 0 Å². The average molecular weight is 398 g/mol. The fourth-order valence-corrected chi connectivity index (χ4v) is 3.25. The van der Waals surface area contributed by atoms with Crippen molar-refractivity contribution in [2.45, 2.75) is 32.3 Å². The van der Waals surface area contributed by atoms with Crippen LogP contribution < -0.4 is 10.1 Å². The van der Waals surface area contributed by atoms with Crippen molar-refractivity contribution < 1.29 is 18.6 Å². The summed E-state index contributed by atoms with van der Waals surface area (Å²) in [5.41, 5.74) is 2.54. The Kier molecular flexibility index (Phi) is 8.00. The number of ether oxygens (including phenoxy) is 3. The van der Waals surface area contributed by atoms with Crippen LogP contribution in [0, 0.1) is 17.1 Å². The summed E-state index contributed by atoms with van der Waals surface area (Å²) in [7, 11) is 0. The number of nitriles is 1. The topological polar surface area (TPSA) is 63.5 Å². The van der Waals surface area contributed by atoms with Crippen molar-refractivity contribution in [2.75, 3.05) is 33.1 Å². The van der Waals surface area contributed by atoms with Gasteiger partial charge in [0.25, 0.3) is 0 Å². The first-order valence-electron chi connectivity index (χ1n) is 10.1. The van der Waals surface area contributed by atoms with Gasteiger partial charge in [0.1, 0.15) is 17.6 Å². The van der Waals surface area contributed by atoms with Gasteiger partial charge in [-0.2, -0.15) is 5.26 Å². The fourth-order valence-electron chi connectivity index (χ4n) is 3.25. The van der Waals surface area contributed by atoms with E-state index in [4.69, 9.17) is 19.5 Å². The molecule has 154 valence electrons. The highest BCUT2D eigenvalue weighted by Crippen LogP contribution is 2.33. The maximum Gasteiger partial charge on any atom is 0.189 e. The van der Waals surface area contributed by atoms with E-state index < -0.39 is 5.82 Å². The molecule has 5 nitrogen and oxygen atoms in total. The molecule has 1 unspecified atom stereocenters. The lowest BCUT2D eigenvalue weighted by molar-refractivity contribution is 0.0143. The summed E-state index contributed by atoms with van der Waals surface area (Å²) in [5, 5.41) is 12.3. The summed E-state index contributed by atoms with van der Waals surface area (Å²) in [6.45, 7) is 5.27. The third kappa shape index (κ3) is 6.01. The predicted molar refractivity (Wildman–Crippen MR) is 109 cm³/mol. The van der Waals surface area contributed by atoms with E-state index in [1.165, 1.54) is 12.1 Å². The molecule has 1 heterocycles. The van der Waals surface area contributed by atoms with E-state index in [1.807, 2.05) is 24.3 Å². The molecule has 1 N–H and O–H groups in total. The molecule has 0 radical (unpaired) electrons. The van der Waals surface area contributed by atoms with Crippen molar-refractivity contribution in [2.24, 2.45) is 0 Å². The van der Waals surface area contributed by atoms with Gasteiger partial charge >= 0.3 is 0 Å². The normalized spacial score (nSPS) is 16.4. The minimum absolute atomic E-state index is 0.0250. The number of nitrogens with one attached hydrogen (secondary N) is 1. The predicted octanol–water partition coefficient (Wildman–Crippen LogP) is 4.05. The zero-order valence-electron chi connectivity index (χ0n) is 16.7. The van der Waals surface area contributed by atoms with E-state index in [0.29, 0.717) is 24.5 Å². The van der Waals surface area contributed by atoms with Crippen LogP contribution in [0.1, 0.15) is 30.9 Å². The summed E-state index contributed by atoms with van der Waals surface area (Å²) < 4.78 is 31.4. The van der Waals surface area contributed by atoms with Gasteiger partial charge in [-0.3, -0.25) is 0 Å². The zero-order chi connectivity index (χ0) is 20.5. The Labute approximate surface area is 171 Å². The summed E-state index contributed by atoms with van der Waals surface area (Å²) in [6, 6.07) is 12.4. The van der Waals surface area contributed by atoms with Crippen molar-refractivity contribution in [1.29, 1.82) is 5.26 Å². The summed E-state index contributed by atoms with van der Waals surface area (Å²) in [4.78, 5) is 0. The van der Waals surface area contributed by atoms with E-state index in [1.54, 1.807) is 6.07 Å². The number of hydrogen-bond donors (Lipinski definition) is 1. The SMILES string of the molecule is CCCCOCOc1ccc(CC2CNCCO2)cc1-c1ccc(C#N)c(F)c1. The number of hydrogen-bond acceptors (Lipinski definition) is 5. The fraction of sp³-hybridized carbons (Fsp3) is 0.435. The summed E-state index contributed by atoms with van der Waals surface area (Å²) >= 11 is 0. The Bertz CT molecular complexity index is 845. The minimum atomic E-state index is -0.541. The van der Waals surface area contributed by atoms with Gasteiger partial charge in [-0.25, -0.2) is 4.39 Å². The second kappa shape index (κ2) is 10.9. The third-order valence-electron chi connectivity index (χ3n) is 4.85. The average Bonchev–Trinajstić information content (AvgIpc) is 2.75. The third-order valence-corrected chi connectivity index (χ3v) is 4.85. The van der Waals surface area contributed by atoms with E-state index >= 15 is 0 Å². The molecule has 0 spiro atoms. The standard InChI is InChI=1S/C23H27FN2O3/c1-2-3-9-27-16-29-23-7-4-17(11-20-15-26-8-10-28-20)12-21(23)18-5-6-19(14-25)22(24)13-18/h4-7,12-13,20,26H,2-3,8-11,15-16H2,1H3. The molecule has 2 aromatic carbocycles. The smallest absolute Gasteiger partial charge is 0.189 e. The number of morpholine rings is 1. The van der Waals surface area contributed by atoms with E-state index in [2.05, 4.69) is 12.2 Å². The molecule has 1 aliphatic rings. The highest BCUT2D eigenvalue weighted by molar-refractivity contribution is 5.72. The Hall–Kier alpha value is -2.46. The molecule has 1 fully saturated rings. The molecule has 1 aliphatic heterocycles. The molecule has 0 bridgehead atoms. The molecule has 2 aromatic rings. The molecule has 0 amide bonds. The van der Waals surface area contributed by atoms with Gasteiger partial charge in [0.05, 0.1) is 24.9 Å². The van der Waals surface area contributed by atoms with Gasteiger partial charge in [-0.15, -0.1) is 0 Å². The van der Waals surface area contributed by atoms with Gasteiger partial charge < -0.3 is 19.5 Å². The molecule has 0 aliphatic carbocycles. The van der Waals surface area contributed by atoms with Crippen molar-refractivity contribution >= 4 is 0 Å². The first-order chi connectivity index (χ1) is 14.2. The summed E-state index contributed by atoms with van der Waals surface area (Å²) in [6.07, 6.45) is 2.90. The van der Waals surface area contributed by atoms with Crippen molar-refractivity contribution in [3.63, 3.8) is 0 Å². The van der Waals surface area contributed by atoms with E-state index in [9.17, 15) is 4.39 Å². The number of unbranched alkanes of at least 4 members (excludes halogenated alkanes) is 1. The number of rotatable bonds is 9. The first kappa shape index (κ1) is 21.3. The highest BCUT2D eigenvalue weighted by Gasteiger charge is 2.16. The van der Waals surface area contributed by atoms with Gasteiger partial charge in [-0.1, -0.05) is 25.5 Å². The molecular formula is C23H27FN2O3. The molecule has 0 aromatic heterocycles. The molecule has 3 rings (SSSR count). The molecule has 1 atom stereocenters. The number of halogens is 1. The van der Waals surface area contributed by atoms with Crippen molar-refractivity contribution in [3.05, 3.63) is 53.3 Å². The monoisotopic (exact) mass is 398 g/mol. The van der Waals surface area contributed by atoms with Crippen LogP contribution in [0.15, 0.2) is 36.4 Å². The van der Waals surface area contributed by atoms with Crippen molar-refractivity contribution in [3.8, 4) is 22.9 Å². The highest BCUT2D eigenvalue weighted by atomic mass is 19.1. The number of benzene rings is 2. The molecule has 29 heavy (non-hydrogen) atoms. The molecule has 0 saturated carbocycles. The quantitative estimate of drug-likeness (QED) is 0.510. The Morgan fingerprint density at radius 1 is 1.28 bits per heavy atom. The maximum atomic E-state index is 14.2. The molecule has 6 heteroatoms. The second-order valence-corrected chi connectivity index (χ2v) is 7.06. The number of nitrogens with zero attached hydrogens (tertiary/aromatic N) is 1. The van der Waals surface area contributed by atoms with Gasteiger partial charge in [0.15, 0.2) is 6.79 Å².